The third-order valence-corrected chi connectivity index (χ3v) is 3.83. The molecule has 1 aliphatic rings. The van der Waals surface area contributed by atoms with Crippen molar-refractivity contribution in [2.45, 2.75) is 32.6 Å². The van der Waals surface area contributed by atoms with Gasteiger partial charge in [0.2, 0.25) is 0 Å². The molecule has 1 atom stereocenters. The molecule has 1 unspecified atom stereocenters. The van der Waals surface area contributed by atoms with Gasteiger partial charge < -0.3 is 10.0 Å². The molecule has 0 radical (unpaired) electrons. The highest BCUT2D eigenvalue weighted by Crippen LogP contribution is 2.31. The van der Waals surface area contributed by atoms with E-state index in [1.807, 2.05) is 18.2 Å². The molecular weight excluding hydrogens is 252 g/mol. The molecule has 0 aliphatic carbocycles. The van der Waals surface area contributed by atoms with Crippen molar-refractivity contribution >= 4 is 6.09 Å². The van der Waals surface area contributed by atoms with E-state index in [9.17, 15) is 9.90 Å². The Labute approximate surface area is 119 Å². The van der Waals surface area contributed by atoms with E-state index in [2.05, 4.69) is 19.9 Å². The summed E-state index contributed by atoms with van der Waals surface area (Å²) in [5, 5.41) is 18.3. The van der Waals surface area contributed by atoms with E-state index >= 15 is 0 Å². The van der Waals surface area contributed by atoms with Crippen LogP contribution in [-0.2, 0) is 6.42 Å². The second kappa shape index (κ2) is 5.96. The standard InChI is InChI=1S/C16H20N2O2/c1-11(2)7-14-10-18(16(19)20)6-5-13-8-12(9-17)3-4-15(13)14/h3-4,8,11,14H,5-7,10H2,1-2H3,(H,19,20). The largest absolute Gasteiger partial charge is 0.465 e. The molecule has 1 aliphatic heterocycles. The van der Waals surface area contributed by atoms with Crippen molar-refractivity contribution in [1.82, 2.24) is 4.90 Å². The van der Waals surface area contributed by atoms with Crippen molar-refractivity contribution in [3.05, 3.63) is 34.9 Å². The molecule has 0 aromatic heterocycles. The van der Waals surface area contributed by atoms with Gasteiger partial charge in [0.25, 0.3) is 0 Å². The number of carboxylic acid groups (broad SMARTS) is 1. The van der Waals surface area contributed by atoms with Crippen molar-refractivity contribution < 1.29 is 9.90 Å². The molecule has 106 valence electrons. The number of hydrogen-bond donors (Lipinski definition) is 1. The molecule has 0 bridgehead atoms. The summed E-state index contributed by atoms with van der Waals surface area (Å²) in [4.78, 5) is 12.8. The van der Waals surface area contributed by atoms with Gasteiger partial charge in [0.05, 0.1) is 11.6 Å². The fourth-order valence-corrected chi connectivity index (χ4v) is 2.95. The molecule has 1 heterocycles. The SMILES string of the molecule is CC(C)CC1CN(C(=O)O)CCc2cc(C#N)ccc21. The van der Waals surface area contributed by atoms with E-state index < -0.39 is 6.09 Å². The molecule has 0 saturated heterocycles. The van der Waals surface area contributed by atoms with Gasteiger partial charge >= 0.3 is 6.09 Å². The number of nitriles is 1. The number of amides is 1. The van der Waals surface area contributed by atoms with Crippen molar-refractivity contribution in [1.29, 1.82) is 5.26 Å². The number of fused-ring (bicyclic) bond motifs is 1. The lowest BCUT2D eigenvalue weighted by atomic mass is 9.87. The molecule has 1 aromatic carbocycles. The Morgan fingerprint density at radius 2 is 2.30 bits per heavy atom. The van der Waals surface area contributed by atoms with Crippen LogP contribution < -0.4 is 0 Å². The first-order valence-corrected chi connectivity index (χ1v) is 7.02. The summed E-state index contributed by atoms with van der Waals surface area (Å²) in [6.45, 7) is 5.36. The zero-order valence-electron chi connectivity index (χ0n) is 12.0. The summed E-state index contributed by atoms with van der Waals surface area (Å²) < 4.78 is 0. The second-order valence-corrected chi connectivity index (χ2v) is 5.83. The summed E-state index contributed by atoms with van der Waals surface area (Å²) >= 11 is 0. The predicted octanol–water partition coefficient (Wildman–Crippen LogP) is 3.22. The maximum Gasteiger partial charge on any atom is 0.407 e. The van der Waals surface area contributed by atoms with Gasteiger partial charge in [-0.3, -0.25) is 0 Å². The van der Waals surface area contributed by atoms with Gasteiger partial charge in [0.15, 0.2) is 0 Å². The summed E-state index contributed by atoms with van der Waals surface area (Å²) in [6, 6.07) is 7.91. The molecule has 0 fully saturated rings. The number of nitrogens with zero attached hydrogens (tertiary/aromatic N) is 2. The summed E-state index contributed by atoms with van der Waals surface area (Å²) in [5.74, 6) is 0.730. The lowest BCUT2D eigenvalue weighted by Crippen LogP contribution is -2.33. The van der Waals surface area contributed by atoms with Gasteiger partial charge in [-0.2, -0.15) is 5.26 Å². The Morgan fingerprint density at radius 3 is 2.90 bits per heavy atom. The number of hydrogen-bond acceptors (Lipinski definition) is 2. The van der Waals surface area contributed by atoms with Crippen molar-refractivity contribution in [3.8, 4) is 6.07 Å². The van der Waals surface area contributed by atoms with Crippen LogP contribution in [0.3, 0.4) is 0 Å². The van der Waals surface area contributed by atoms with E-state index in [-0.39, 0.29) is 5.92 Å². The second-order valence-electron chi connectivity index (χ2n) is 5.83. The first-order valence-electron chi connectivity index (χ1n) is 7.02. The summed E-state index contributed by atoms with van der Waals surface area (Å²) in [5.41, 5.74) is 2.98. The molecule has 2 rings (SSSR count). The average molecular weight is 272 g/mol. The Kier molecular flexibility index (Phi) is 4.29. The third-order valence-electron chi connectivity index (χ3n) is 3.83. The molecule has 20 heavy (non-hydrogen) atoms. The normalized spacial score (nSPS) is 18.3. The van der Waals surface area contributed by atoms with Crippen molar-refractivity contribution in [2.24, 2.45) is 5.92 Å². The fraction of sp³-hybridized carbons (Fsp3) is 0.500. The lowest BCUT2D eigenvalue weighted by molar-refractivity contribution is 0.142. The minimum absolute atomic E-state index is 0.219. The van der Waals surface area contributed by atoms with Gasteiger partial charge in [-0.1, -0.05) is 19.9 Å². The quantitative estimate of drug-likeness (QED) is 0.899. The number of carbonyl (C=O) groups is 1. The van der Waals surface area contributed by atoms with Crippen LogP contribution in [0.5, 0.6) is 0 Å². The van der Waals surface area contributed by atoms with Crippen LogP contribution in [0.4, 0.5) is 4.79 Å². The molecule has 4 heteroatoms. The third kappa shape index (κ3) is 3.11. The zero-order valence-corrected chi connectivity index (χ0v) is 12.0. The van der Waals surface area contributed by atoms with E-state index in [1.54, 1.807) is 0 Å². The van der Waals surface area contributed by atoms with Crippen LogP contribution >= 0.6 is 0 Å². The van der Waals surface area contributed by atoms with E-state index in [1.165, 1.54) is 10.5 Å². The molecule has 0 spiro atoms. The Hall–Kier alpha value is -2.02. The first kappa shape index (κ1) is 14.4. The average Bonchev–Trinajstić information content (AvgIpc) is 2.57. The van der Waals surface area contributed by atoms with Gasteiger partial charge in [-0.05, 0) is 42.0 Å². The Morgan fingerprint density at radius 1 is 1.55 bits per heavy atom. The smallest absolute Gasteiger partial charge is 0.407 e. The Balaban J connectivity index is 2.37. The van der Waals surface area contributed by atoms with E-state index in [0.717, 1.165) is 12.0 Å². The van der Waals surface area contributed by atoms with Gasteiger partial charge in [-0.25, -0.2) is 4.79 Å². The zero-order chi connectivity index (χ0) is 14.7. The maximum atomic E-state index is 11.3. The van der Waals surface area contributed by atoms with Gasteiger partial charge in [0, 0.05) is 19.0 Å². The topological polar surface area (TPSA) is 64.3 Å². The van der Waals surface area contributed by atoms with E-state index in [0.29, 0.717) is 31.0 Å². The van der Waals surface area contributed by atoms with Crippen LogP contribution in [0.25, 0.3) is 0 Å². The first-order chi connectivity index (χ1) is 9.51. The molecule has 1 amide bonds. The van der Waals surface area contributed by atoms with Crippen LogP contribution in [0.15, 0.2) is 18.2 Å². The summed E-state index contributed by atoms with van der Waals surface area (Å²) in [6.07, 6.45) is 0.793. The fourth-order valence-electron chi connectivity index (χ4n) is 2.95. The van der Waals surface area contributed by atoms with Crippen LogP contribution in [-0.4, -0.2) is 29.2 Å². The van der Waals surface area contributed by atoms with Gasteiger partial charge in [-0.15, -0.1) is 0 Å². The van der Waals surface area contributed by atoms with Gasteiger partial charge in [0.1, 0.15) is 0 Å². The number of rotatable bonds is 2. The monoisotopic (exact) mass is 272 g/mol. The minimum atomic E-state index is -0.855. The van der Waals surface area contributed by atoms with E-state index in [4.69, 9.17) is 5.26 Å². The lowest BCUT2D eigenvalue weighted by Gasteiger charge is -2.24. The molecule has 4 nitrogen and oxygen atoms in total. The predicted molar refractivity (Wildman–Crippen MR) is 76.7 cm³/mol. The molecular formula is C16H20N2O2. The summed E-state index contributed by atoms with van der Waals surface area (Å²) in [7, 11) is 0. The highest BCUT2D eigenvalue weighted by atomic mass is 16.4. The van der Waals surface area contributed by atoms with Crippen LogP contribution in [0.1, 0.15) is 42.9 Å². The molecule has 1 N–H and O–H groups in total. The Bertz CT molecular complexity index is 546. The van der Waals surface area contributed by atoms with Crippen LogP contribution in [0.2, 0.25) is 0 Å². The minimum Gasteiger partial charge on any atom is -0.465 e. The number of benzene rings is 1. The molecule has 1 aromatic rings. The molecule has 0 saturated carbocycles. The highest BCUT2D eigenvalue weighted by molar-refractivity contribution is 5.65. The van der Waals surface area contributed by atoms with Crippen molar-refractivity contribution in [3.63, 3.8) is 0 Å². The maximum absolute atomic E-state index is 11.3. The van der Waals surface area contributed by atoms with Crippen molar-refractivity contribution in [2.75, 3.05) is 13.1 Å². The van der Waals surface area contributed by atoms with Crippen LogP contribution in [0, 0.1) is 17.2 Å². The highest BCUT2D eigenvalue weighted by Gasteiger charge is 2.26.